The summed E-state index contributed by atoms with van der Waals surface area (Å²) in [6, 6.07) is 6.35. The summed E-state index contributed by atoms with van der Waals surface area (Å²) in [7, 11) is 0. The first-order chi connectivity index (χ1) is 14.4. The number of hydrogen-bond donors (Lipinski definition) is 0. The Morgan fingerprint density at radius 3 is 2.77 bits per heavy atom. The number of fused-ring (bicyclic) bond motifs is 5. The van der Waals surface area contributed by atoms with E-state index in [0.717, 1.165) is 34.3 Å². The molecule has 0 saturated heterocycles. The van der Waals surface area contributed by atoms with E-state index in [9.17, 15) is 10.1 Å². The lowest BCUT2D eigenvalue weighted by Gasteiger charge is -2.36. The van der Waals surface area contributed by atoms with E-state index in [4.69, 9.17) is 4.98 Å². The van der Waals surface area contributed by atoms with Crippen molar-refractivity contribution in [1.29, 1.82) is 0 Å². The van der Waals surface area contributed by atoms with E-state index >= 15 is 0 Å². The molecule has 0 spiro atoms. The maximum absolute atomic E-state index is 10.9. The van der Waals surface area contributed by atoms with Crippen LogP contribution in [0.2, 0.25) is 0 Å². The van der Waals surface area contributed by atoms with Gasteiger partial charge < -0.3 is 0 Å². The topological polar surface area (TPSA) is 86.2 Å². The summed E-state index contributed by atoms with van der Waals surface area (Å²) in [5.74, 6) is 1.24. The Bertz CT molecular complexity index is 1270. The summed E-state index contributed by atoms with van der Waals surface area (Å²) >= 11 is 1.79. The zero-order chi connectivity index (χ0) is 21.0. The van der Waals surface area contributed by atoms with Crippen molar-refractivity contribution in [2.75, 3.05) is 0 Å². The van der Waals surface area contributed by atoms with Crippen LogP contribution in [0.3, 0.4) is 0 Å². The van der Waals surface area contributed by atoms with Crippen molar-refractivity contribution in [3.63, 3.8) is 0 Å². The number of thiophene rings is 1. The smallest absolute Gasteiger partial charge is 0.258 e. The number of nitrogens with zero attached hydrogens (tertiary/aromatic N) is 5. The lowest BCUT2D eigenvalue weighted by molar-refractivity contribution is -0.384. The molecule has 5 rings (SSSR count). The third-order valence-electron chi connectivity index (χ3n) is 6.74. The molecule has 0 saturated carbocycles. The maximum atomic E-state index is 10.9. The molecule has 1 atom stereocenters. The lowest BCUT2D eigenvalue weighted by Crippen LogP contribution is -2.28. The van der Waals surface area contributed by atoms with Gasteiger partial charge in [0.05, 0.1) is 10.3 Å². The maximum Gasteiger partial charge on any atom is 0.269 e. The number of nitro benzene ring substituents is 1. The van der Waals surface area contributed by atoms with Gasteiger partial charge in [0, 0.05) is 22.6 Å². The van der Waals surface area contributed by atoms with Gasteiger partial charge >= 0.3 is 0 Å². The van der Waals surface area contributed by atoms with Crippen LogP contribution in [-0.4, -0.2) is 24.5 Å². The average Bonchev–Trinajstić information content (AvgIpc) is 3.34. The number of non-ortho nitro benzene ring substituents is 1. The van der Waals surface area contributed by atoms with Gasteiger partial charge in [-0.3, -0.25) is 10.1 Å². The van der Waals surface area contributed by atoms with Gasteiger partial charge in [-0.05, 0) is 48.3 Å². The molecule has 4 aromatic rings. The van der Waals surface area contributed by atoms with Crippen molar-refractivity contribution < 1.29 is 4.92 Å². The van der Waals surface area contributed by atoms with Gasteiger partial charge in [-0.2, -0.15) is 0 Å². The van der Waals surface area contributed by atoms with Crippen LogP contribution in [0.25, 0.3) is 27.3 Å². The minimum atomic E-state index is -0.404. The quantitative estimate of drug-likeness (QED) is 0.323. The lowest BCUT2D eigenvalue weighted by atomic mass is 9.70. The van der Waals surface area contributed by atoms with Gasteiger partial charge in [0.15, 0.2) is 11.5 Å². The van der Waals surface area contributed by atoms with E-state index in [0.29, 0.717) is 17.2 Å². The first-order valence-electron chi connectivity index (χ1n) is 10.3. The molecule has 1 aromatic carbocycles. The predicted molar refractivity (Wildman–Crippen MR) is 118 cm³/mol. The van der Waals surface area contributed by atoms with E-state index < -0.39 is 4.92 Å². The van der Waals surface area contributed by atoms with Gasteiger partial charge in [0.25, 0.3) is 5.69 Å². The molecule has 0 amide bonds. The molecule has 0 aliphatic heterocycles. The van der Waals surface area contributed by atoms with Crippen LogP contribution >= 0.6 is 11.3 Å². The summed E-state index contributed by atoms with van der Waals surface area (Å²) < 4.78 is 1.73. The van der Waals surface area contributed by atoms with E-state index in [1.807, 2.05) is 0 Å². The molecular formula is C22H23N5O2S. The van der Waals surface area contributed by atoms with Crippen molar-refractivity contribution in [2.24, 2.45) is 11.3 Å². The van der Waals surface area contributed by atoms with Crippen molar-refractivity contribution >= 4 is 32.9 Å². The third-order valence-corrected chi connectivity index (χ3v) is 7.90. The highest BCUT2D eigenvalue weighted by Gasteiger charge is 2.33. The first kappa shape index (κ1) is 19.1. The van der Waals surface area contributed by atoms with Crippen molar-refractivity contribution in [2.45, 2.75) is 46.5 Å². The molecule has 30 heavy (non-hydrogen) atoms. The number of aryl methyl sites for hydroxylation is 1. The fourth-order valence-corrected chi connectivity index (χ4v) is 5.65. The Morgan fingerprint density at radius 2 is 2.07 bits per heavy atom. The van der Waals surface area contributed by atoms with E-state index in [2.05, 4.69) is 30.9 Å². The number of rotatable bonds is 4. The zero-order valence-corrected chi connectivity index (χ0v) is 18.1. The zero-order valence-electron chi connectivity index (χ0n) is 17.3. The fraction of sp³-hybridized carbons (Fsp3) is 0.409. The minimum absolute atomic E-state index is 0.0584. The highest BCUT2D eigenvalue weighted by Crippen LogP contribution is 2.45. The molecule has 1 aliphatic carbocycles. The molecule has 7 nitrogen and oxygen atoms in total. The van der Waals surface area contributed by atoms with E-state index in [-0.39, 0.29) is 5.69 Å². The van der Waals surface area contributed by atoms with E-state index in [1.165, 1.54) is 35.4 Å². The van der Waals surface area contributed by atoms with Crippen LogP contribution in [0.5, 0.6) is 0 Å². The monoisotopic (exact) mass is 421 g/mol. The molecule has 154 valence electrons. The number of nitro groups is 1. The Morgan fingerprint density at radius 1 is 1.30 bits per heavy atom. The molecule has 0 bridgehead atoms. The fourth-order valence-electron chi connectivity index (χ4n) is 4.38. The van der Waals surface area contributed by atoms with Crippen LogP contribution in [-0.2, 0) is 12.8 Å². The van der Waals surface area contributed by atoms with Crippen LogP contribution in [0.15, 0.2) is 30.6 Å². The highest BCUT2D eigenvalue weighted by atomic mass is 32.1. The highest BCUT2D eigenvalue weighted by molar-refractivity contribution is 7.19. The second-order valence-corrected chi connectivity index (χ2v) is 9.80. The molecule has 0 fully saturated rings. The molecule has 1 aliphatic rings. The molecule has 0 N–H and O–H groups in total. The first-order valence-corrected chi connectivity index (χ1v) is 11.1. The molecular weight excluding hydrogens is 398 g/mol. The summed E-state index contributed by atoms with van der Waals surface area (Å²) in [5, 5.41) is 16.6. The Balaban J connectivity index is 1.58. The number of aromatic nitrogens is 4. The van der Waals surface area contributed by atoms with Crippen LogP contribution in [0.4, 0.5) is 5.69 Å². The summed E-state index contributed by atoms with van der Waals surface area (Å²) in [4.78, 5) is 22.4. The van der Waals surface area contributed by atoms with Gasteiger partial charge in [0.1, 0.15) is 11.2 Å². The molecule has 3 heterocycles. The van der Waals surface area contributed by atoms with Gasteiger partial charge in [0.2, 0.25) is 0 Å². The van der Waals surface area contributed by atoms with Crippen LogP contribution < -0.4 is 0 Å². The van der Waals surface area contributed by atoms with Crippen molar-refractivity contribution in [3.05, 3.63) is 51.1 Å². The Hall–Kier alpha value is -2.87. The normalized spacial score (nSPS) is 16.8. The molecule has 8 heteroatoms. The van der Waals surface area contributed by atoms with Crippen LogP contribution in [0.1, 0.15) is 44.1 Å². The van der Waals surface area contributed by atoms with Crippen LogP contribution in [0, 0.1) is 21.4 Å². The summed E-state index contributed by atoms with van der Waals surface area (Å²) in [6.07, 6.45) is 6.24. The van der Waals surface area contributed by atoms with Gasteiger partial charge in [-0.1, -0.05) is 27.2 Å². The van der Waals surface area contributed by atoms with Gasteiger partial charge in [-0.25, -0.2) is 14.5 Å². The SMILES string of the molecule is CCC(C)(C)[C@H]1CCc2c(sc3ncn4nc(-c5ccc([N+](=O)[O-])cc5)nc4c23)C1. The van der Waals surface area contributed by atoms with Crippen molar-refractivity contribution in [3.8, 4) is 11.4 Å². The predicted octanol–water partition coefficient (Wildman–Crippen LogP) is 5.46. The Labute approximate surface area is 177 Å². The van der Waals surface area contributed by atoms with E-state index in [1.54, 1.807) is 34.3 Å². The summed E-state index contributed by atoms with van der Waals surface area (Å²) in [5.41, 5.74) is 3.35. The molecule has 0 radical (unpaired) electrons. The molecule has 0 unspecified atom stereocenters. The Kier molecular flexibility index (Phi) is 4.36. The molecule has 3 aromatic heterocycles. The average molecular weight is 422 g/mol. The second-order valence-electron chi connectivity index (χ2n) is 8.72. The number of benzene rings is 1. The second kappa shape index (κ2) is 6.84. The van der Waals surface area contributed by atoms with Gasteiger partial charge in [-0.15, -0.1) is 16.4 Å². The largest absolute Gasteiger partial charge is 0.269 e. The third kappa shape index (κ3) is 2.98. The minimum Gasteiger partial charge on any atom is -0.258 e. The summed E-state index contributed by atoms with van der Waals surface area (Å²) in [6.45, 7) is 7.03. The number of hydrogen-bond acceptors (Lipinski definition) is 6. The standard InChI is InChI=1S/C22H23N5O2S/c1-4-22(2,3)14-7-10-16-17(11-14)30-21-18(16)20-24-19(25-26(20)12-23-21)13-5-8-15(9-6-13)27(28)29/h5-6,8-9,12,14H,4,7,10-11H2,1-3H3/t14-/m0/s1. The van der Waals surface area contributed by atoms with Crippen molar-refractivity contribution in [1.82, 2.24) is 19.6 Å².